The van der Waals surface area contributed by atoms with Crippen LogP contribution in [0.3, 0.4) is 0 Å². The van der Waals surface area contributed by atoms with E-state index in [4.69, 9.17) is 27.9 Å². The Kier molecular flexibility index (Phi) is 7.65. The Balaban J connectivity index is 1.97. The van der Waals surface area contributed by atoms with Crippen LogP contribution < -0.4 is 5.32 Å². The smallest absolute Gasteiger partial charge is 0.341 e. The number of nitrogens with zero attached hydrogens (tertiary/aromatic N) is 1. The van der Waals surface area contributed by atoms with Gasteiger partial charge >= 0.3 is 5.97 Å². The van der Waals surface area contributed by atoms with Gasteiger partial charge in [-0.2, -0.15) is 5.26 Å². The average Bonchev–Trinajstić information content (AvgIpc) is 3.17. The zero-order valence-corrected chi connectivity index (χ0v) is 18.9. The number of hydrogen-bond acceptors (Lipinski definition) is 5. The molecule has 5 nitrogen and oxygen atoms in total. The molecule has 1 heterocycles. The van der Waals surface area contributed by atoms with Crippen molar-refractivity contribution < 1.29 is 18.7 Å². The summed E-state index contributed by atoms with van der Waals surface area (Å²) >= 11 is 13.1. The monoisotopic (exact) mass is 488 g/mol. The Bertz CT molecular complexity index is 1250. The van der Waals surface area contributed by atoms with E-state index in [1.165, 1.54) is 36.4 Å². The highest BCUT2D eigenvalue weighted by Gasteiger charge is 2.24. The molecule has 1 aromatic heterocycles. The van der Waals surface area contributed by atoms with Crippen molar-refractivity contribution in [2.24, 2.45) is 0 Å². The molecule has 0 aliphatic rings. The van der Waals surface area contributed by atoms with Gasteiger partial charge in [0.15, 0.2) is 0 Å². The van der Waals surface area contributed by atoms with Crippen molar-refractivity contribution in [3.8, 4) is 17.2 Å². The molecule has 0 spiro atoms. The van der Waals surface area contributed by atoms with Crippen LogP contribution in [0.1, 0.15) is 22.8 Å². The van der Waals surface area contributed by atoms with E-state index >= 15 is 0 Å². The summed E-state index contributed by atoms with van der Waals surface area (Å²) in [4.78, 5) is 25.4. The highest BCUT2D eigenvalue weighted by molar-refractivity contribution is 7.15. The molecule has 3 aromatic rings. The van der Waals surface area contributed by atoms with Crippen LogP contribution in [0.2, 0.25) is 10.0 Å². The Morgan fingerprint density at radius 1 is 1.22 bits per heavy atom. The summed E-state index contributed by atoms with van der Waals surface area (Å²) in [7, 11) is 0. The number of carbonyl (C=O) groups is 2. The zero-order valence-electron chi connectivity index (χ0n) is 16.6. The first-order valence-electron chi connectivity index (χ1n) is 9.26. The maximum atomic E-state index is 13.3. The summed E-state index contributed by atoms with van der Waals surface area (Å²) in [5.74, 6) is -1.79. The van der Waals surface area contributed by atoms with E-state index in [1.54, 1.807) is 24.4 Å². The first kappa shape index (κ1) is 23.5. The Labute approximate surface area is 197 Å². The van der Waals surface area contributed by atoms with Gasteiger partial charge in [-0.05, 0) is 48.4 Å². The molecule has 0 saturated carbocycles. The standard InChI is InChI=1S/C23H15Cl2FN2O3S/c1-2-31-23(30)20-18(13-4-7-17(26)8-5-13)12-32-22(20)28-21(29)15(11-27)9-14-3-6-16(24)10-19(14)25/h3-10,12H,2H2,1H3,(H,28,29)/b15-9+. The lowest BCUT2D eigenvalue weighted by atomic mass is 10.0. The van der Waals surface area contributed by atoms with Gasteiger partial charge in [0.2, 0.25) is 0 Å². The van der Waals surface area contributed by atoms with E-state index in [2.05, 4.69) is 5.32 Å². The second-order valence-electron chi connectivity index (χ2n) is 6.37. The van der Waals surface area contributed by atoms with Gasteiger partial charge < -0.3 is 10.1 Å². The lowest BCUT2D eigenvalue weighted by molar-refractivity contribution is -0.112. The van der Waals surface area contributed by atoms with Crippen molar-refractivity contribution in [3.05, 3.63) is 80.4 Å². The molecular weight excluding hydrogens is 474 g/mol. The molecule has 0 fully saturated rings. The first-order valence-corrected chi connectivity index (χ1v) is 10.9. The van der Waals surface area contributed by atoms with Gasteiger partial charge in [0.05, 0.1) is 6.61 Å². The van der Waals surface area contributed by atoms with Gasteiger partial charge in [0.25, 0.3) is 5.91 Å². The normalized spacial score (nSPS) is 11.0. The molecule has 0 aliphatic heterocycles. The van der Waals surface area contributed by atoms with E-state index in [0.717, 1.165) is 11.3 Å². The number of nitriles is 1. The van der Waals surface area contributed by atoms with E-state index in [0.29, 0.717) is 21.7 Å². The average molecular weight is 489 g/mol. The molecule has 0 radical (unpaired) electrons. The number of hydrogen-bond donors (Lipinski definition) is 1. The number of esters is 1. The van der Waals surface area contributed by atoms with Gasteiger partial charge in [-0.15, -0.1) is 11.3 Å². The number of rotatable bonds is 6. The minimum absolute atomic E-state index is 0.124. The number of carbonyl (C=O) groups excluding carboxylic acids is 2. The summed E-state index contributed by atoms with van der Waals surface area (Å²) in [5, 5.41) is 14.6. The molecule has 0 bridgehead atoms. The molecule has 9 heteroatoms. The third-order valence-corrected chi connectivity index (χ3v) is 5.74. The predicted octanol–water partition coefficient (Wildman–Crippen LogP) is 6.58. The van der Waals surface area contributed by atoms with Gasteiger partial charge in [-0.3, -0.25) is 4.79 Å². The van der Waals surface area contributed by atoms with Crippen LogP contribution in [-0.4, -0.2) is 18.5 Å². The third kappa shape index (κ3) is 5.35. The minimum atomic E-state index is -0.725. The van der Waals surface area contributed by atoms with Crippen LogP contribution in [0.25, 0.3) is 17.2 Å². The van der Waals surface area contributed by atoms with Crippen LogP contribution in [0, 0.1) is 17.1 Å². The summed E-state index contributed by atoms with van der Waals surface area (Å²) in [6, 6.07) is 12.1. The van der Waals surface area contributed by atoms with Crippen molar-refractivity contribution in [2.45, 2.75) is 6.92 Å². The summed E-state index contributed by atoms with van der Waals surface area (Å²) in [6.45, 7) is 1.79. The number of anilines is 1. The Morgan fingerprint density at radius 2 is 1.94 bits per heavy atom. The fourth-order valence-electron chi connectivity index (χ4n) is 2.79. The highest BCUT2D eigenvalue weighted by Crippen LogP contribution is 2.36. The maximum Gasteiger partial charge on any atom is 0.341 e. The summed E-state index contributed by atoms with van der Waals surface area (Å²) in [6.07, 6.45) is 1.33. The van der Waals surface area contributed by atoms with Crippen LogP contribution >= 0.6 is 34.5 Å². The molecule has 0 atom stereocenters. The molecule has 2 aromatic carbocycles. The molecule has 0 aliphatic carbocycles. The SMILES string of the molecule is CCOC(=O)c1c(-c2ccc(F)cc2)csc1NC(=O)/C(C#N)=C/c1ccc(Cl)cc1Cl. The van der Waals surface area contributed by atoms with Gasteiger partial charge in [0, 0.05) is 21.0 Å². The molecule has 162 valence electrons. The van der Waals surface area contributed by atoms with E-state index in [-0.39, 0.29) is 27.8 Å². The highest BCUT2D eigenvalue weighted by atomic mass is 35.5. The van der Waals surface area contributed by atoms with Crippen molar-refractivity contribution in [1.82, 2.24) is 0 Å². The number of nitrogens with one attached hydrogen (secondary N) is 1. The number of ether oxygens (including phenoxy) is 1. The van der Waals surface area contributed by atoms with Gasteiger partial charge in [-0.1, -0.05) is 41.4 Å². The number of amides is 1. The van der Waals surface area contributed by atoms with Gasteiger partial charge in [-0.25, -0.2) is 9.18 Å². The second-order valence-corrected chi connectivity index (χ2v) is 8.09. The molecule has 3 rings (SSSR count). The Hall–Kier alpha value is -3.18. The number of thiophene rings is 1. The van der Waals surface area contributed by atoms with E-state index in [9.17, 15) is 19.2 Å². The van der Waals surface area contributed by atoms with Crippen LogP contribution in [-0.2, 0) is 9.53 Å². The third-order valence-electron chi connectivity index (χ3n) is 4.28. The van der Waals surface area contributed by atoms with Crippen molar-refractivity contribution in [3.63, 3.8) is 0 Å². The van der Waals surface area contributed by atoms with Gasteiger partial charge in [0.1, 0.15) is 28.0 Å². The largest absolute Gasteiger partial charge is 0.462 e. The zero-order chi connectivity index (χ0) is 23.3. The lowest BCUT2D eigenvalue weighted by Crippen LogP contribution is -2.16. The molecule has 0 unspecified atom stereocenters. The van der Waals surface area contributed by atoms with Crippen molar-refractivity contribution in [1.29, 1.82) is 5.26 Å². The molecule has 0 saturated heterocycles. The fraction of sp³-hybridized carbons (Fsp3) is 0.0870. The molecule has 1 N–H and O–H groups in total. The summed E-state index contributed by atoms with van der Waals surface area (Å²) < 4.78 is 18.5. The van der Waals surface area contributed by atoms with Crippen LogP contribution in [0.4, 0.5) is 9.39 Å². The lowest BCUT2D eigenvalue weighted by Gasteiger charge is -2.09. The first-order chi connectivity index (χ1) is 15.3. The van der Waals surface area contributed by atoms with Crippen LogP contribution in [0.5, 0.6) is 0 Å². The summed E-state index contributed by atoms with van der Waals surface area (Å²) in [5.41, 5.74) is 1.40. The van der Waals surface area contributed by atoms with Crippen LogP contribution in [0.15, 0.2) is 53.4 Å². The van der Waals surface area contributed by atoms with Crippen molar-refractivity contribution in [2.75, 3.05) is 11.9 Å². The molecule has 32 heavy (non-hydrogen) atoms. The van der Waals surface area contributed by atoms with E-state index in [1.807, 2.05) is 6.07 Å². The minimum Gasteiger partial charge on any atom is -0.462 e. The topological polar surface area (TPSA) is 79.2 Å². The van der Waals surface area contributed by atoms with Crippen molar-refractivity contribution >= 4 is 57.5 Å². The quantitative estimate of drug-likeness (QED) is 0.241. The predicted molar refractivity (Wildman–Crippen MR) is 124 cm³/mol. The molecular formula is C23H15Cl2FN2O3S. The fourth-order valence-corrected chi connectivity index (χ4v) is 4.21. The number of benzene rings is 2. The molecule has 1 amide bonds. The van der Waals surface area contributed by atoms with E-state index < -0.39 is 17.7 Å². The Morgan fingerprint density at radius 3 is 2.56 bits per heavy atom. The second kappa shape index (κ2) is 10.4. The number of halogens is 3. The maximum absolute atomic E-state index is 13.3.